The summed E-state index contributed by atoms with van der Waals surface area (Å²) in [6.07, 6.45) is 0. The minimum atomic E-state index is -0.144. The van der Waals surface area contributed by atoms with E-state index in [1.165, 1.54) is 0 Å². The minimum absolute atomic E-state index is 0.144. The first kappa shape index (κ1) is 10.4. The molecule has 13 heavy (non-hydrogen) atoms. The van der Waals surface area contributed by atoms with Crippen LogP contribution in [0.25, 0.3) is 0 Å². The van der Waals surface area contributed by atoms with Gasteiger partial charge in [0.1, 0.15) is 0 Å². The fraction of sp³-hybridized carbons (Fsp3) is 0.222. The largest absolute Gasteiger partial charge is 0.352 e. The van der Waals surface area contributed by atoms with Gasteiger partial charge < -0.3 is 5.32 Å². The fourth-order valence-electron chi connectivity index (χ4n) is 0.946. The van der Waals surface area contributed by atoms with Gasteiger partial charge in [0.15, 0.2) is 0 Å². The summed E-state index contributed by atoms with van der Waals surface area (Å²) >= 11 is 9.90. The van der Waals surface area contributed by atoms with Crippen LogP contribution < -0.4 is 5.32 Å². The van der Waals surface area contributed by atoms with Gasteiger partial charge in [-0.15, -0.1) is 12.6 Å². The van der Waals surface area contributed by atoms with Crippen molar-refractivity contribution >= 4 is 30.1 Å². The number of carbonyl (C=O) groups is 1. The average Bonchev–Trinajstić information content (AvgIpc) is 2.09. The number of amides is 1. The first-order valence-electron chi connectivity index (χ1n) is 3.92. The summed E-state index contributed by atoms with van der Waals surface area (Å²) in [5, 5.41) is 3.22. The van der Waals surface area contributed by atoms with E-state index in [2.05, 4.69) is 17.9 Å². The van der Waals surface area contributed by atoms with Gasteiger partial charge in [-0.2, -0.15) is 0 Å². The smallest absolute Gasteiger partial charge is 0.252 e. The van der Waals surface area contributed by atoms with Crippen molar-refractivity contribution in [2.24, 2.45) is 0 Å². The van der Waals surface area contributed by atoms with Crippen LogP contribution in [0.15, 0.2) is 23.1 Å². The van der Waals surface area contributed by atoms with Crippen LogP contribution >= 0.6 is 24.2 Å². The van der Waals surface area contributed by atoms with Crippen molar-refractivity contribution in [1.29, 1.82) is 0 Å². The van der Waals surface area contributed by atoms with Crippen LogP contribution in [0.4, 0.5) is 0 Å². The molecule has 0 unspecified atom stereocenters. The molecule has 0 fully saturated rings. The Hall–Kier alpha value is -0.670. The van der Waals surface area contributed by atoms with Gasteiger partial charge in [-0.1, -0.05) is 11.6 Å². The number of halogens is 1. The summed E-state index contributed by atoms with van der Waals surface area (Å²) in [5.74, 6) is -0.144. The van der Waals surface area contributed by atoms with Crippen LogP contribution in [0.2, 0.25) is 5.02 Å². The van der Waals surface area contributed by atoms with E-state index >= 15 is 0 Å². The van der Waals surface area contributed by atoms with Crippen molar-refractivity contribution in [3.8, 4) is 0 Å². The molecule has 1 rings (SSSR count). The van der Waals surface area contributed by atoms with Crippen LogP contribution in [-0.4, -0.2) is 12.5 Å². The topological polar surface area (TPSA) is 29.1 Å². The summed E-state index contributed by atoms with van der Waals surface area (Å²) in [7, 11) is 0. The monoisotopic (exact) mass is 215 g/mol. The summed E-state index contributed by atoms with van der Waals surface area (Å²) in [5.41, 5.74) is 0.512. The SMILES string of the molecule is CCNC(=O)c1cc(Cl)ccc1S. The molecule has 1 aromatic carbocycles. The molecule has 0 aliphatic heterocycles. The molecule has 0 heterocycles. The summed E-state index contributed by atoms with van der Waals surface area (Å²) in [6, 6.07) is 5.01. The number of hydrogen-bond acceptors (Lipinski definition) is 2. The number of nitrogens with one attached hydrogen (secondary N) is 1. The molecule has 0 spiro atoms. The van der Waals surface area contributed by atoms with Crippen LogP contribution in [0.5, 0.6) is 0 Å². The van der Waals surface area contributed by atoms with E-state index in [-0.39, 0.29) is 5.91 Å². The maximum Gasteiger partial charge on any atom is 0.252 e. The first-order valence-corrected chi connectivity index (χ1v) is 4.74. The fourth-order valence-corrected chi connectivity index (χ4v) is 1.36. The Labute approximate surface area is 87.7 Å². The van der Waals surface area contributed by atoms with E-state index in [0.717, 1.165) is 0 Å². The quantitative estimate of drug-likeness (QED) is 0.729. The van der Waals surface area contributed by atoms with Gasteiger partial charge >= 0.3 is 0 Å². The Morgan fingerprint density at radius 3 is 2.92 bits per heavy atom. The van der Waals surface area contributed by atoms with Crippen LogP contribution in [0.1, 0.15) is 17.3 Å². The van der Waals surface area contributed by atoms with E-state index in [1.807, 2.05) is 6.92 Å². The number of rotatable bonds is 2. The molecule has 0 aliphatic carbocycles. The van der Waals surface area contributed by atoms with Gasteiger partial charge in [-0.3, -0.25) is 4.79 Å². The second kappa shape index (κ2) is 4.53. The Bertz CT molecular complexity index is 327. The summed E-state index contributed by atoms with van der Waals surface area (Å²) in [4.78, 5) is 12.0. The lowest BCUT2D eigenvalue weighted by atomic mass is 10.2. The normalized spacial score (nSPS) is 9.77. The van der Waals surface area contributed by atoms with Gasteiger partial charge in [0.25, 0.3) is 5.91 Å². The van der Waals surface area contributed by atoms with Crippen LogP contribution in [0, 0.1) is 0 Å². The lowest BCUT2D eigenvalue weighted by Crippen LogP contribution is -2.23. The van der Waals surface area contributed by atoms with Crippen molar-refractivity contribution in [2.75, 3.05) is 6.54 Å². The van der Waals surface area contributed by atoms with E-state index in [1.54, 1.807) is 18.2 Å². The Kier molecular flexibility index (Phi) is 3.63. The molecule has 2 nitrogen and oxygen atoms in total. The molecule has 1 N–H and O–H groups in total. The lowest BCUT2D eigenvalue weighted by Gasteiger charge is -2.04. The molecule has 0 aliphatic rings. The minimum Gasteiger partial charge on any atom is -0.352 e. The van der Waals surface area contributed by atoms with Crippen LogP contribution in [-0.2, 0) is 0 Å². The molecule has 0 bridgehead atoms. The summed E-state index contributed by atoms with van der Waals surface area (Å²) in [6.45, 7) is 2.46. The molecular weight excluding hydrogens is 206 g/mol. The third kappa shape index (κ3) is 2.64. The van der Waals surface area contributed by atoms with E-state index in [9.17, 15) is 4.79 Å². The van der Waals surface area contributed by atoms with Crippen molar-refractivity contribution in [2.45, 2.75) is 11.8 Å². The predicted octanol–water partition coefficient (Wildman–Crippen LogP) is 2.38. The van der Waals surface area contributed by atoms with Crippen molar-refractivity contribution in [3.05, 3.63) is 28.8 Å². The maximum absolute atomic E-state index is 11.4. The average molecular weight is 216 g/mol. The Morgan fingerprint density at radius 1 is 1.62 bits per heavy atom. The molecule has 1 amide bonds. The molecule has 70 valence electrons. The number of carbonyl (C=O) groups excluding carboxylic acids is 1. The molecular formula is C9H10ClNOS. The van der Waals surface area contributed by atoms with E-state index < -0.39 is 0 Å². The van der Waals surface area contributed by atoms with E-state index in [4.69, 9.17) is 11.6 Å². The van der Waals surface area contributed by atoms with Gasteiger partial charge in [-0.05, 0) is 25.1 Å². The number of benzene rings is 1. The van der Waals surface area contributed by atoms with Gasteiger partial charge in [-0.25, -0.2) is 0 Å². The number of thiol groups is 1. The van der Waals surface area contributed by atoms with Gasteiger partial charge in [0.05, 0.1) is 5.56 Å². The van der Waals surface area contributed by atoms with Crippen molar-refractivity contribution in [1.82, 2.24) is 5.32 Å². The zero-order chi connectivity index (χ0) is 9.84. The van der Waals surface area contributed by atoms with Crippen molar-refractivity contribution < 1.29 is 4.79 Å². The first-order chi connectivity index (χ1) is 6.15. The van der Waals surface area contributed by atoms with Crippen LogP contribution in [0.3, 0.4) is 0 Å². The maximum atomic E-state index is 11.4. The third-order valence-corrected chi connectivity index (χ3v) is 2.17. The Morgan fingerprint density at radius 2 is 2.31 bits per heavy atom. The predicted molar refractivity (Wildman–Crippen MR) is 56.7 cm³/mol. The molecule has 4 heteroatoms. The molecule has 1 aromatic rings. The number of hydrogen-bond donors (Lipinski definition) is 2. The van der Waals surface area contributed by atoms with E-state index in [0.29, 0.717) is 22.0 Å². The van der Waals surface area contributed by atoms with Gasteiger partial charge in [0, 0.05) is 16.5 Å². The molecule has 0 saturated carbocycles. The lowest BCUT2D eigenvalue weighted by molar-refractivity contribution is 0.0953. The third-order valence-electron chi connectivity index (χ3n) is 1.54. The van der Waals surface area contributed by atoms with Gasteiger partial charge in [0.2, 0.25) is 0 Å². The highest BCUT2D eigenvalue weighted by Crippen LogP contribution is 2.18. The molecule has 0 saturated heterocycles. The zero-order valence-corrected chi connectivity index (χ0v) is 8.82. The second-order valence-corrected chi connectivity index (χ2v) is 3.44. The Balaban J connectivity index is 2.99. The second-order valence-electron chi connectivity index (χ2n) is 2.52. The standard InChI is InChI=1S/C9H10ClNOS/c1-2-11-9(12)7-5-6(10)3-4-8(7)13/h3-5,13H,2H2,1H3,(H,11,12). The highest BCUT2D eigenvalue weighted by atomic mass is 35.5. The molecule has 0 radical (unpaired) electrons. The zero-order valence-electron chi connectivity index (χ0n) is 7.17. The molecule has 0 atom stereocenters. The van der Waals surface area contributed by atoms with Crippen molar-refractivity contribution in [3.63, 3.8) is 0 Å². The highest BCUT2D eigenvalue weighted by Gasteiger charge is 2.08. The molecule has 0 aromatic heterocycles. The summed E-state index contributed by atoms with van der Waals surface area (Å²) < 4.78 is 0. The highest BCUT2D eigenvalue weighted by molar-refractivity contribution is 7.80.